The number of benzene rings is 3. The predicted molar refractivity (Wildman–Crippen MR) is 150 cm³/mol. The van der Waals surface area contributed by atoms with Gasteiger partial charge in [-0.05, 0) is 78.8 Å². The number of amides is 1. The lowest BCUT2D eigenvalue weighted by molar-refractivity contribution is -0.144. The number of hydrogen-bond acceptors (Lipinski definition) is 6. The van der Waals surface area contributed by atoms with Gasteiger partial charge in [0.15, 0.2) is 0 Å². The Morgan fingerprint density at radius 3 is 2.58 bits per heavy atom. The Bertz CT molecular complexity index is 1610. The molecule has 3 aromatic carbocycles. The Balaban J connectivity index is 1.35. The Morgan fingerprint density at radius 2 is 1.84 bits per heavy atom. The number of hydrogen-bond donors (Lipinski definition) is 1. The first-order valence-electron chi connectivity index (χ1n) is 12.1. The molecule has 1 aliphatic carbocycles. The van der Waals surface area contributed by atoms with Crippen molar-refractivity contribution in [1.29, 1.82) is 0 Å². The normalized spacial score (nSPS) is 14.2. The van der Waals surface area contributed by atoms with Gasteiger partial charge in [-0.25, -0.2) is 4.79 Å². The maximum absolute atomic E-state index is 12.7. The van der Waals surface area contributed by atoms with E-state index in [1.165, 1.54) is 18.6 Å². The molecule has 1 heterocycles. The number of nitrogens with one attached hydrogen (secondary N) is 1. The van der Waals surface area contributed by atoms with E-state index in [1.54, 1.807) is 13.0 Å². The quantitative estimate of drug-likeness (QED) is 0.207. The van der Waals surface area contributed by atoms with Crippen LogP contribution < -0.4 is 5.32 Å². The van der Waals surface area contributed by atoms with Crippen LogP contribution in [0.3, 0.4) is 0 Å². The first-order valence-corrected chi connectivity index (χ1v) is 13.3. The molecule has 192 valence electrons. The van der Waals surface area contributed by atoms with E-state index >= 15 is 0 Å². The van der Waals surface area contributed by atoms with Crippen LogP contribution in [0.25, 0.3) is 21.2 Å². The van der Waals surface area contributed by atoms with Crippen LogP contribution in [-0.4, -0.2) is 23.5 Å². The Kier molecular flexibility index (Phi) is 7.11. The number of esters is 1. The zero-order chi connectivity index (χ0) is 26.9. The molecule has 1 fully saturated rings. The third-order valence-corrected chi connectivity index (χ3v) is 7.92. The molecule has 6 nitrogen and oxygen atoms in total. The summed E-state index contributed by atoms with van der Waals surface area (Å²) < 4.78 is 14.9. The predicted octanol–water partition coefficient (Wildman–Crippen LogP) is 7.54. The van der Waals surface area contributed by atoms with Gasteiger partial charge in [0.1, 0.15) is 11.5 Å². The number of aromatic nitrogens is 1. The van der Waals surface area contributed by atoms with E-state index in [2.05, 4.69) is 27.6 Å². The Morgan fingerprint density at radius 1 is 1.11 bits per heavy atom. The van der Waals surface area contributed by atoms with Crippen molar-refractivity contribution >= 4 is 51.7 Å². The van der Waals surface area contributed by atoms with Crippen molar-refractivity contribution in [3.63, 3.8) is 0 Å². The van der Waals surface area contributed by atoms with Crippen LogP contribution >= 0.6 is 23.1 Å². The average Bonchev–Trinajstić information content (AvgIpc) is 3.63. The second kappa shape index (κ2) is 10.5. The molecule has 5 rings (SSSR count). The minimum absolute atomic E-state index is 0.262. The molecular formula is C30H25ClN2O4S. The summed E-state index contributed by atoms with van der Waals surface area (Å²) in [6.07, 6.45) is 0.382. The van der Waals surface area contributed by atoms with Gasteiger partial charge in [-0.2, -0.15) is 4.37 Å². The minimum Gasteiger partial charge on any atom is -0.468 e. The zero-order valence-corrected chi connectivity index (χ0v) is 22.7. The summed E-state index contributed by atoms with van der Waals surface area (Å²) in [4.78, 5) is 25.5. The van der Waals surface area contributed by atoms with Gasteiger partial charge in [0.25, 0.3) is 0 Å². The minimum atomic E-state index is -0.646. The maximum Gasteiger partial charge on any atom is 0.412 e. The summed E-state index contributed by atoms with van der Waals surface area (Å²) in [6, 6.07) is 19.3. The number of carbonyl (C=O) groups excluding carboxylic acids is 2. The number of anilines is 1. The van der Waals surface area contributed by atoms with Crippen molar-refractivity contribution in [3.05, 3.63) is 82.5 Å². The van der Waals surface area contributed by atoms with Crippen LogP contribution in [0.5, 0.6) is 0 Å². The maximum atomic E-state index is 12.7. The number of methoxy groups -OCH3 is 1. The third-order valence-electron chi connectivity index (χ3n) is 6.59. The average molecular weight is 545 g/mol. The Labute approximate surface area is 230 Å². The largest absolute Gasteiger partial charge is 0.468 e. The first-order chi connectivity index (χ1) is 18.3. The molecule has 0 bridgehead atoms. The summed E-state index contributed by atoms with van der Waals surface area (Å²) in [5.74, 6) is 5.98. The summed E-state index contributed by atoms with van der Waals surface area (Å²) in [5.41, 5.74) is 3.18. The van der Waals surface area contributed by atoms with Gasteiger partial charge in [-0.15, -0.1) is 0 Å². The molecule has 0 spiro atoms. The summed E-state index contributed by atoms with van der Waals surface area (Å²) >= 11 is 7.56. The highest BCUT2D eigenvalue weighted by Gasteiger charge is 2.50. The van der Waals surface area contributed by atoms with Crippen LogP contribution in [0.2, 0.25) is 5.02 Å². The lowest BCUT2D eigenvalue weighted by Crippen LogP contribution is -2.16. The monoisotopic (exact) mass is 544 g/mol. The summed E-state index contributed by atoms with van der Waals surface area (Å²) in [6.45, 7) is 3.63. The van der Waals surface area contributed by atoms with Gasteiger partial charge in [-0.1, -0.05) is 59.8 Å². The number of fused-ring (bicyclic) bond motifs is 1. The lowest BCUT2D eigenvalue weighted by atomic mass is 10.0. The summed E-state index contributed by atoms with van der Waals surface area (Å²) in [7, 11) is 1.40. The van der Waals surface area contributed by atoms with E-state index in [0.717, 1.165) is 45.2 Å². The molecule has 8 heteroatoms. The molecular weight excluding hydrogens is 520 g/mol. The second-order valence-corrected chi connectivity index (χ2v) is 10.4. The lowest BCUT2D eigenvalue weighted by Gasteiger charge is -2.16. The van der Waals surface area contributed by atoms with Crippen LogP contribution in [0.1, 0.15) is 42.7 Å². The molecule has 38 heavy (non-hydrogen) atoms. The number of nitrogens with zero attached hydrogens (tertiary/aromatic N) is 1. The third kappa shape index (κ3) is 5.24. The topological polar surface area (TPSA) is 77.5 Å². The van der Waals surface area contributed by atoms with Gasteiger partial charge >= 0.3 is 12.1 Å². The van der Waals surface area contributed by atoms with E-state index in [1.807, 2.05) is 55.5 Å². The molecule has 0 radical (unpaired) electrons. The second-order valence-electron chi connectivity index (χ2n) is 9.27. The zero-order valence-electron chi connectivity index (χ0n) is 21.1. The van der Waals surface area contributed by atoms with Crippen LogP contribution in [0.15, 0.2) is 60.7 Å². The molecule has 1 aromatic heterocycles. The number of halogens is 1. The molecule has 0 unspecified atom stereocenters. The molecule has 0 aliphatic heterocycles. The van der Waals surface area contributed by atoms with E-state index in [0.29, 0.717) is 16.4 Å². The van der Waals surface area contributed by atoms with Crippen molar-refractivity contribution in [1.82, 2.24) is 4.37 Å². The van der Waals surface area contributed by atoms with E-state index in [-0.39, 0.29) is 5.97 Å². The molecule has 1 amide bonds. The smallest absolute Gasteiger partial charge is 0.412 e. The van der Waals surface area contributed by atoms with Crippen molar-refractivity contribution in [3.8, 4) is 22.3 Å². The van der Waals surface area contributed by atoms with E-state index in [4.69, 9.17) is 21.1 Å². The van der Waals surface area contributed by atoms with Gasteiger partial charge in [-0.3, -0.25) is 10.1 Å². The molecule has 1 N–H and O–H groups in total. The molecule has 1 aliphatic rings. The fraction of sp³-hybridized carbons (Fsp3) is 0.233. The number of ether oxygens (including phenoxy) is 2. The fourth-order valence-corrected chi connectivity index (χ4v) is 5.36. The van der Waals surface area contributed by atoms with Crippen molar-refractivity contribution in [2.24, 2.45) is 5.41 Å². The number of aryl methyl sites for hydroxylation is 1. The fourth-order valence-electron chi connectivity index (χ4n) is 4.23. The van der Waals surface area contributed by atoms with E-state index in [9.17, 15) is 9.59 Å². The van der Waals surface area contributed by atoms with Crippen molar-refractivity contribution < 1.29 is 19.1 Å². The molecule has 1 atom stereocenters. The Hall–Kier alpha value is -3.86. The highest BCUT2D eigenvalue weighted by Crippen LogP contribution is 2.46. The highest BCUT2D eigenvalue weighted by molar-refractivity contribution is 7.10. The summed E-state index contributed by atoms with van der Waals surface area (Å²) in [5, 5.41) is 5.46. The molecule has 0 saturated heterocycles. The van der Waals surface area contributed by atoms with Gasteiger partial charge in [0.05, 0.1) is 23.4 Å². The SMILES string of the molecule is COC(=O)C1(C#Cc2ccc3cc(-c4snc(C)c4NC(=O)O[C@H](C)c4ccccc4Cl)ccc3c2)CC1. The van der Waals surface area contributed by atoms with Crippen molar-refractivity contribution in [2.75, 3.05) is 12.4 Å². The highest BCUT2D eigenvalue weighted by atomic mass is 35.5. The number of carbonyl (C=O) groups is 2. The molecule has 1 saturated carbocycles. The van der Waals surface area contributed by atoms with Crippen LogP contribution in [-0.2, 0) is 14.3 Å². The van der Waals surface area contributed by atoms with E-state index < -0.39 is 17.6 Å². The standard InChI is InChI=1S/C30H25ClN2O4S/c1-18-26(32-29(35)37-19(2)24-6-4-5-7-25(24)31)27(38-33-18)23-11-10-21-16-20(8-9-22(21)17-23)12-13-30(14-15-30)28(34)36-3/h4-11,16-17,19H,14-15H2,1-3H3,(H,32,35)/t19-/m1/s1. The number of rotatable bonds is 5. The van der Waals surface area contributed by atoms with Crippen LogP contribution in [0.4, 0.5) is 10.5 Å². The van der Waals surface area contributed by atoms with Gasteiger partial charge < -0.3 is 9.47 Å². The van der Waals surface area contributed by atoms with Gasteiger partial charge in [0, 0.05) is 16.1 Å². The van der Waals surface area contributed by atoms with Gasteiger partial charge in [0.2, 0.25) is 0 Å². The first kappa shape index (κ1) is 25.8. The molecule has 4 aromatic rings. The van der Waals surface area contributed by atoms with Crippen molar-refractivity contribution in [2.45, 2.75) is 32.8 Å². The van der Waals surface area contributed by atoms with Crippen LogP contribution in [0, 0.1) is 24.2 Å².